The molecule has 0 unspecified atom stereocenters. The van der Waals surface area contributed by atoms with Crippen LogP contribution in [-0.2, 0) is 0 Å². The van der Waals surface area contributed by atoms with Crippen LogP contribution in [0.25, 0.3) is 0 Å². The minimum absolute atomic E-state index is 1.14. The summed E-state index contributed by atoms with van der Waals surface area (Å²) < 4.78 is 2.35. The molecule has 76 valence electrons. The van der Waals surface area contributed by atoms with E-state index in [1.165, 1.54) is 31.9 Å². The Balaban J connectivity index is 2.72. The first-order chi connectivity index (χ1) is 6.16. The van der Waals surface area contributed by atoms with Crippen LogP contribution in [0.4, 0.5) is 0 Å². The molecule has 1 heterocycles. The molecule has 3 heteroatoms. The van der Waals surface area contributed by atoms with E-state index in [9.17, 15) is 0 Å². The minimum Gasteiger partial charge on any atom is -0.268 e. The van der Waals surface area contributed by atoms with Crippen molar-refractivity contribution in [2.24, 2.45) is 0 Å². The summed E-state index contributed by atoms with van der Waals surface area (Å²) in [5, 5.41) is 0. The van der Waals surface area contributed by atoms with Crippen molar-refractivity contribution in [2.75, 3.05) is 40.8 Å². The Labute approximate surface area is 81.6 Å². The normalized spacial score (nSPS) is 18.0. The van der Waals surface area contributed by atoms with Gasteiger partial charge in [0.1, 0.15) is 0 Å². The topological polar surface area (TPSA) is 9.49 Å². The second-order valence-corrected chi connectivity index (χ2v) is 3.92. The number of rotatable bonds is 2. The van der Waals surface area contributed by atoms with Crippen molar-refractivity contribution < 1.29 is 4.58 Å². The molecule has 13 heavy (non-hydrogen) atoms. The number of nitrogens with zero attached hydrogens (tertiary/aromatic N) is 3. The summed E-state index contributed by atoms with van der Waals surface area (Å²) in [5.74, 6) is 1.37. The second-order valence-electron chi connectivity index (χ2n) is 3.92. The van der Waals surface area contributed by atoms with Crippen molar-refractivity contribution in [1.29, 1.82) is 0 Å². The first kappa shape index (κ1) is 10.4. The minimum atomic E-state index is 1.14. The zero-order valence-electron chi connectivity index (χ0n) is 9.38. The summed E-state index contributed by atoms with van der Waals surface area (Å²) in [5.41, 5.74) is 0. The lowest BCUT2D eigenvalue weighted by Gasteiger charge is -2.28. The third-order valence-electron chi connectivity index (χ3n) is 2.57. The largest absolute Gasteiger partial charge is 0.349 e. The molecule has 0 aromatic heterocycles. The summed E-state index contributed by atoms with van der Waals surface area (Å²) in [6.45, 7) is 5.74. The van der Waals surface area contributed by atoms with Crippen LogP contribution in [0, 0.1) is 0 Å². The molecule has 0 atom stereocenters. The average molecular weight is 184 g/mol. The van der Waals surface area contributed by atoms with Crippen molar-refractivity contribution in [3.05, 3.63) is 0 Å². The van der Waals surface area contributed by atoms with Crippen LogP contribution in [-0.4, -0.2) is 61.1 Å². The second kappa shape index (κ2) is 4.49. The molecule has 0 N–H and O–H groups in total. The SMILES string of the molecule is CCCN(C)C1=[N+](C)CCCN1C. The van der Waals surface area contributed by atoms with Crippen LogP contribution >= 0.6 is 0 Å². The van der Waals surface area contributed by atoms with E-state index < -0.39 is 0 Å². The monoisotopic (exact) mass is 184 g/mol. The van der Waals surface area contributed by atoms with Crippen molar-refractivity contribution in [3.8, 4) is 0 Å². The van der Waals surface area contributed by atoms with Gasteiger partial charge < -0.3 is 0 Å². The van der Waals surface area contributed by atoms with Crippen molar-refractivity contribution >= 4 is 5.96 Å². The van der Waals surface area contributed by atoms with Crippen LogP contribution in [0.15, 0.2) is 0 Å². The van der Waals surface area contributed by atoms with Gasteiger partial charge in [0.05, 0.1) is 40.8 Å². The van der Waals surface area contributed by atoms with Gasteiger partial charge in [0.2, 0.25) is 0 Å². The standard InChI is InChI=1S/C10H22N3/c1-5-7-11(2)10-12(3)8-6-9-13(10)4/h5-9H2,1-4H3/q+1. The Morgan fingerprint density at radius 1 is 1.54 bits per heavy atom. The molecule has 0 aromatic rings. The summed E-state index contributed by atoms with van der Waals surface area (Å²) in [6, 6.07) is 0. The molecular weight excluding hydrogens is 162 g/mol. The molecule has 0 saturated carbocycles. The van der Waals surface area contributed by atoms with E-state index in [1.54, 1.807) is 0 Å². The third kappa shape index (κ3) is 2.36. The first-order valence-electron chi connectivity index (χ1n) is 5.17. The van der Waals surface area contributed by atoms with Gasteiger partial charge in [0.15, 0.2) is 0 Å². The maximum Gasteiger partial charge on any atom is 0.349 e. The van der Waals surface area contributed by atoms with E-state index in [1.807, 2.05) is 0 Å². The van der Waals surface area contributed by atoms with Crippen molar-refractivity contribution in [1.82, 2.24) is 9.80 Å². The summed E-state index contributed by atoms with van der Waals surface area (Å²) in [6.07, 6.45) is 2.48. The van der Waals surface area contributed by atoms with Gasteiger partial charge in [-0.2, -0.15) is 0 Å². The highest BCUT2D eigenvalue weighted by Crippen LogP contribution is 2.02. The van der Waals surface area contributed by atoms with E-state index in [0.29, 0.717) is 0 Å². The lowest BCUT2D eigenvalue weighted by atomic mass is 10.3. The maximum atomic E-state index is 2.35. The van der Waals surface area contributed by atoms with E-state index >= 15 is 0 Å². The molecule has 0 aliphatic carbocycles. The molecule has 3 nitrogen and oxygen atoms in total. The predicted octanol–water partition coefficient (Wildman–Crippen LogP) is 0.662. The third-order valence-corrected chi connectivity index (χ3v) is 2.57. The summed E-state index contributed by atoms with van der Waals surface area (Å²) in [4.78, 5) is 4.69. The Kier molecular flexibility index (Phi) is 3.58. The Hall–Kier alpha value is -0.730. The van der Waals surface area contributed by atoms with Crippen LogP contribution < -0.4 is 0 Å². The zero-order valence-corrected chi connectivity index (χ0v) is 9.38. The highest BCUT2D eigenvalue weighted by Gasteiger charge is 2.24. The Morgan fingerprint density at radius 3 is 2.77 bits per heavy atom. The molecule has 0 amide bonds. The summed E-state index contributed by atoms with van der Waals surface area (Å²) >= 11 is 0. The molecule has 0 saturated heterocycles. The quantitative estimate of drug-likeness (QED) is 0.583. The Morgan fingerprint density at radius 2 is 2.23 bits per heavy atom. The molecule has 1 rings (SSSR count). The smallest absolute Gasteiger partial charge is 0.268 e. The van der Waals surface area contributed by atoms with Gasteiger partial charge in [-0.05, 0) is 6.42 Å². The molecule has 0 aromatic carbocycles. The van der Waals surface area contributed by atoms with E-state index in [-0.39, 0.29) is 0 Å². The van der Waals surface area contributed by atoms with Gasteiger partial charge in [0.25, 0.3) is 0 Å². The van der Waals surface area contributed by atoms with Crippen LogP contribution in [0.3, 0.4) is 0 Å². The predicted molar refractivity (Wildman–Crippen MR) is 56.2 cm³/mol. The van der Waals surface area contributed by atoms with Gasteiger partial charge in [-0.1, -0.05) is 6.92 Å². The molecule has 0 bridgehead atoms. The fourth-order valence-electron chi connectivity index (χ4n) is 2.05. The fraction of sp³-hybridized carbons (Fsp3) is 0.900. The molecule has 0 fully saturated rings. The van der Waals surface area contributed by atoms with Gasteiger partial charge in [-0.25, -0.2) is 0 Å². The van der Waals surface area contributed by atoms with Crippen LogP contribution in [0.1, 0.15) is 19.8 Å². The van der Waals surface area contributed by atoms with Crippen molar-refractivity contribution in [3.63, 3.8) is 0 Å². The van der Waals surface area contributed by atoms with Gasteiger partial charge in [-0.3, -0.25) is 14.4 Å². The molecule has 1 aliphatic rings. The molecule has 0 spiro atoms. The highest BCUT2D eigenvalue weighted by molar-refractivity contribution is 5.74. The average Bonchev–Trinajstić information content (AvgIpc) is 2.04. The molecule has 1 aliphatic heterocycles. The van der Waals surface area contributed by atoms with Crippen LogP contribution in [0.5, 0.6) is 0 Å². The first-order valence-corrected chi connectivity index (χ1v) is 5.17. The number of hydrogen-bond donors (Lipinski definition) is 0. The van der Waals surface area contributed by atoms with E-state index in [2.05, 4.69) is 42.4 Å². The van der Waals surface area contributed by atoms with E-state index in [4.69, 9.17) is 0 Å². The highest BCUT2D eigenvalue weighted by atomic mass is 15.4. The van der Waals surface area contributed by atoms with Gasteiger partial charge >= 0.3 is 5.96 Å². The van der Waals surface area contributed by atoms with E-state index in [0.717, 1.165) is 6.54 Å². The Bertz CT molecular complexity index is 198. The maximum absolute atomic E-state index is 2.35. The number of guanidine groups is 1. The fourth-order valence-corrected chi connectivity index (χ4v) is 2.05. The summed E-state index contributed by atoms with van der Waals surface area (Å²) in [7, 11) is 6.53. The number of hydrogen-bond acceptors (Lipinski definition) is 2. The van der Waals surface area contributed by atoms with Gasteiger partial charge in [-0.15, -0.1) is 0 Å². The molecule has 0 radical (unpaired) electrons. The van der Waals surface area contributed by atoms with Gasteiger partial charge in [0, 0.05) is 6.42 Å². The lowest BCUT2D eigenvalue weighted by Crippen LogP contribution is -2.49. The lowest BCUT2D eigenvalue weighted by molar-refractivity contribution is -0.514. The van der Waals surface area contributed by atoms with Crippen LogP contribution in [0.2, 0.25) is 0 Å². The molecular formula is C10H22N3+. The van der Waals surface area contributed by atoms with Crippen molar-refractivity contribution in [2.45, 2.75) is 19.8 Å². The zero-order chi connectivity index (χ0) is 9.84.